The van der Waals surface area contributed by atoms with Gasteiger partial charge in [0, 0.05) is 25.3 Å². The van der Waals surface area contributed by atoms with Crippen LogP contribution in [0, 0.1) is 0 Å². The van der Waals surface area contributed by atoms with Gasteiger partial charge in [-0.15, -0.1) is 0 Å². The maximum Gasteiger partial charge on any atom is 0.377 e. The molecule has 2 aromatic rings. The zero-order valence-electron chi connectivity index (χ0n) is 17.2. The van der Waals surface area contributed by atoms with Gasteiger partial charge >= 0.3 is 7.60 Å². The van der Waals surface area contributed by atoms with Gasteiger partial charge in [-0.1, -0.05) is 62.4 Å². The second-order valence-electron chi connectivity index (χ2n) is 7.71. The van der Waals surface area contributed by atoms with Crippen molar-refractivity contribution in [3.05, 3.63) is 70.8 Å². The Balaban J connectivity index is 1.91. The molecule has 1 atom stereocenters. The Morgan fingerprint density at radius 1 is 0.967 bits per heavy atom. The molecule has 0 saturated carbocycles. The van der Waals surface area contributed by atoms with Gasteiger partial charge in [-0.05, 0) is 17.0 Å². The zero-order valence-corrected chi connectivity index (χ0v) is 18.1. The fourth-order valence-corrected chi connectivity index (χ4v) is 5.55. The maximum absolute atomic E-state index is 13.5. The average Bonchev–Trinajstić information content (AvgIpc) is 3.27. The topological polar surface area (TPSA) is 94.1 Å². The second kappa shape index (κ2) is 7.27. The van der Waals surface area contributed by atoms with Crippen LogP contribution in [0.1, 0.15) is 57.5 Å². The van der Waals surface area contributed by atoms with E-state index in [0.717, 1.165) is 5.56 Å². The lowest BCUT2D eigenvalue weighted by molar-refractivity contribution is 0.0761. The van der Waals surface area contributed by atoms with E-state index in [2.05, 4.69) is 24.4 Å². The number of hydrogen-bond acceptors (Lipinski definition) is 7. The van der Waals surface area contributed by atoms with Crippen molar-refractivity contribution in [2.24, 2.45) is 5.10 Å². The second-order valence-corrected chi connectivity index (χ2v) is 9.89. The van der Waals surface area contributed by atoms with Crippen LogP contribution in [-0.2, 0) is 13.6 Å². The number of hydrogen-bond donors (Lipinski definition) is 1. The number of nitrogens with zero attached hydrogens (tertiary/aromatic N) is 1. The summed E-state index contributed by atoms with van der Waals surface area (Å²) in [6.45, 7) is 4.15. The highest BCUT2D eigenvalue weighted by Crippen LogP contribution is 2.58. The van der Waals surface area contributed by atoms with Crippen LogP contribution < -0.4 is 5.43 Å². The summed E-state index contributed by atoms with van der Waals surface area (Å²) >= 11 is 0. The molecule has 156 valence electrons. The third kappa shape index (κ3) is 2.73. The molecule has 30 heavy (non-hydrogen) atoms. The molecule has 1 aliphatic heterocycles. The normalized spacial score (nSPS) is 19.9. The van der Waals surface area contributed by atoms with Crippen molar-refractivity contribution < 1.29 is 23.2 Å². The number of ketones is 2. The number of carbonyl (C=O) groups excluding carboxylic acids is 2. The van der Waals surface area contributed by atoms with E-state index in [1.807, 2.05) is 24.3 Å². The van der Waals surface area contributed by atoms with Crippen molar-refractivity contribution >= 4 is 24.6 Å². The Hall–Kier alpha value is -2.60. The smallest absolute Gasteiger partial charge is 0.308 e. The van der Waals surface area contributed by atoms with E-state index in [0.29, 0.717) is 22.6 Å². The van der Waals surface area contributed by atoms with E-state index in [1.165, 1.54) is 14.2 Å². The van der Waals surface area contributed by atoms with Crippen LogP contribution in [-0.4, -0.2) is 36.8 Å². The largest absolute Gasteiger partial charge is 0.377 e. The molecule has 1 spiro atoms. The first-order valence-electron chi connectivity index (χ1n) is 9.65. The highest BCUT2D eigenvalue weighted by molar-refractivity contribution is 7.72. The summed E-state index contributed by atoms with van der Waals surface area (Å²) in [5.41, 5.74) is 3.41. The minimum atomic E-state index is -3.83. The molecule has 2 aromatic carbocycles. The molecule has 0 bridgehead atoms. The molecular formula is C22H23N2O5P. The number of benzene rings is 2. The van der Waals surface area contributed by atoms with Gasteiger partial charge in [0.05, 0.1) is 5.92 Å². The van der Waals surface area contributed by atoms with E-state index in [9.17, 15) is 14.2 Å². The third-order valence-electron chi connectivity index (χ3n) is 5.87. The number of hydrazone groups is 1. The third-order valence-corrected chi connectivity index (χ3v) is 7.75. The lowest BCUT2D eigenvalue weighted by Crippen LogP contribution is -2.54. The molecule has 0 fully saturated rings. The van der Waals surface area contributed by atoms with Crippen molar-refractivity contribution in [3.63, 3.8) is 0 Å². The van der Waals surface area contributed by atoms with E-state index in [1.54, 1.807) is 24.3 Å². The van der Waals surface area contributed by atoms with Gasteiger partial charge < -0.3 is 9.05 Å². The van der Waals surface area contributed by atoms with Gasteiger partial charge in [-0.2, -0.15) is 5.10 Å². The first-order valence-corrected chi connectivity index (χ1v) is 11.2. The minimum Gasteiger partial charge on any atom is -0.308 e. The molecule has 1 aliphatic carbocycles. The molecule has 8 heteroatoms. The van der Waals surface area contributed by atoms with E-state index in [-0.39, 0.29) is 5.45 Å². The van der Waals surface area contributed by atoms with E-state index in [4.69, 9.17) is 9.05 Å². The Labute approximate surface area is 175 Å². The molecule has 1 N–H and O–H groups in total. The number of Topliss-reactive ketones (excluding diaryl/α,β-unsaturated/α-hetero) is 2. The molecule has 0 radical (unpaired) electrons. The molecular weight excluding hydrogens is 403 g/mol. The first-order chi connectivity index (χ1) is 14.3. The van der Waals surface area contributed by atoms with Gasteiger partial charge in [0.15, 0.2) is 22.6 Å². The SMILES string of the molecule is COP(=O)(OC)C1=NNC2(C(=O)c3ccccc3C2=O)C1c1ccc(C(C)C)cc1. The summed E-state index contributed by atoms with van der Waals surface area (Å²) < 4.78 is 23.7. The molecule has 1 heterocycles. The van der Waals surface area contributed by atoms with Crippen molar-refractivity contribution in [2.75, 3.05) is 14.2 Å². The molecule has 0 amide bonds. The highest BCUT2D eigenvalue weighted by atomic mass is 31.2. The van der Waals surface area contributed by atoms with Crippen LogP contribution >= 0.6 is 7.60 Å². The fraction of sp³-hybridized carbons (Fsp3) is 0.318. The van der Waals surface area contributed by atoms with Crippen LogP contribution in [0.4, 0.5) is 0 Å². The summed E-state index contributed by atoms with van der Waals surface area (Å²) in [6.07, 6.45) is 0. The minimum absolute atomic E-state index is 0.0132. The predicted octanol–water partition coefficient (Wildman–Crippen LogP) is 4.11. The van der Waals surface area contributed by atoms with Crippen molar-refractivity contribution in [1.29, 1.82) is 0 Å². The molecule has 1 unspecified atom stereocenters. The number of nitrogens with one attached hydrogen (secondary N) is 1. The predicted molar refractivity (Wildman–Crippen MR) is 113 cm³/mol. The Morgan fingerprint density at radius 2 is 1.50 bits per heavy atom. The van der Waals surface area contributed by atoms with Gasteiger partial charge in [-0.25, -0.2) is 0 Å². The monoisotopic (exact) mass is 426 g/mol. The van der Waals surface area contributed by atoms with Gasteiger partial charge in [-0.3, -0.25) is 19.6 Å². The summed E-state index contributed by atoms with van der Waals surface area (Å²) in [6, 6.07) is 14.2. The summed E-state index contributed by atoms with van der Waals surface area (Å²) in [5.74, 6) is -1.43. The van der Waals surface area contributed by atoms with Crippen LogP contribution in [0.3, 0.4) is 0 Å². The quantitative estimate of drug-likeness (QED) is 0.571. The maximum atomic E-state index is 13.5. The average molecular weight is 426 g/mol. The van der Waals surface area contributed by atoms with Crippen LogP contribution in [0.25, 0.3) is 0 Å². The fourth-order valence-electron chi connectivity index (χ4n) is 4.19. The van der Waals surface area contributed by atoms with Crippen molar-refractivity contribution in [1.82, 2.24) is 5.43 Å². The van der Waals surface area contributed by atoms with E-state index < -0.39 is 30.6 Å². The lowest BCUT2D eigenvalue weighted by atomic mass is 9.77. The van der Waals surface area contributed by atoms with Crippen LogP contribution in [0.15, 0.2) is 53.6 Å². The van der Waals surface area contributed by atoms with Crippen LogP contribution in [0.2, 0.25) is 0 Å². The Morgan fingerprint density at radius 3 is 1.97 bits per heavy atom. The summed E-state index contributed by atoms with van der Waals surface area (Å²) in [5, 5.41) is 4.20. The number of rotatable bonds is 5. The molecule has 4 rings (SSSR count). The molecule has 2 aliphatic rings. The van der Waals surface area contributed by atoms with Gasteiger partial charge in [0.2, 0.25) is 0 Å². The molecule has 0 saturated heterocycles. The van der Waals surface area contributed by atoms with Crippen LogP contribution in [0.5, 0.6) is 0 Å². The highest BCUT2D eigenvalue weighted by Gasteiger charge is 2.65. The van der Waals surface area contributed by atoms with Crippen molar-refractivity contribution in [3.8, 4) is 0 Å². The Kier molecular flexibility index (Phi) is 5.01. The molecule has 0 aromatic heterocycles. The first kappa shape index (κ1) is 20.7. The van der Waals surface area contributed by atoms with Gasteiger partial charge in [0.25, 0.3) is 0 Å². The summed E-state index contributed by atoms with van der Waals surface area (Å²) in [4.78, 5) is 27.0. The number of carbonyl (C=O) groups is 2. The molecule has 7 nitrogen and oxygen atoms in total. The standard InChI is InChI=1S/C22H23N2O5P/c1-13(2)14-9-11-15(12-10-14)18-21(30(27,28-3)29-4)23-24-22(18)19(25)16-7-5-6-8-17(16)20(22)26/h5-13,18,24H,1-4H3. The number of fused-ring (bicyclic) bond motifs is 1. The summed E-state index contributed by atoms with van der Waals surface area (Å²) in [7, 11) is -1.32. The van der Waals surface area contributed by atoms with Crippen molar-refractivity contribution in [2.45, 2.75) is 31.2 Å². The Bertz CT molecular complexity index is 1060. The zero-order chi connectivity index (χ0) is 21.7. The van der Waals surface area contributed by atoms with E-state index >= 15 is 0 Å². The van der Waals surface area contributed by atoms with Gasteiger partial charge in [0.1, 0.15) is 0 Å². The lowest BCUT2D eigenvalue weighted by Gasteiger charge is -2.30.